The molecule has 2 aromatic carbocycles. The van der Waals surface area contributed by atoms with E-state index in [0.717, 1.165) is 61.6 Å². The molecule has 1 aliphatic rings. The molecule has 3 aromatic rings. The Balaban J connectivity index is 1.26. The first-order chi connectivity index (χ1) is 16.4. The monoisotopic (exact) mass is 463 g/mol. The lowest BCUT2D eigenvalue weighted by molar-refractivity contribution is -0.0170. The highest BCUT2D eigenvalue weighted by molar-refractivity contribution is 5.35. The standard InChI is InChI=1S/C28H37N3O3/c1-22-8-9-27(24(3)16-22)34-21-28(32)10-5-12-30(13-11-28)20-25-6-4-7-26(17-25)33-15-14-31-19-23(2)18-29-31/h4,6-9,16-19,32H,5,10-15,20-21H2,1-3H3. The molecule has 1 fully saturated rings. The summed E-state index contributed by atoms with van der Waals surface area (Å²) >= 11 is 0. The molecular weight excluding hydrogens is 426 g/mol. The molecule has 1 unspecified atom stereocenters. The summed E-state index contributed by atoms with van der Waals surface area (Å²) in [6.07, 6.45) is 6.29. The van der Waals surface area contributed by atoms with Crippen LogP contribution < -0.4 is 9.47 Å². The fraction of sp³-hybridized carbons (Fsp3) is 0.464. The van der Waals surface area contributed by atoms with Crippen LogP contribution in [0, 0.1) is 20.8 Å². The second-order valence-corrected chi connectivity index (χ2v) is 9.69. The third-order valence-electron chi connectivity index (χ3n) is 6.49. The minimum atomic E-state index is -0.790. The zero-order valence-corrected chi connectivity index (χ0v) is 20.7. The van der Waals surface area contributed by atoms with Gasteiger partial charge in [0.15, 0.2) is 0 Å². The maximum atomic E-state index is 11.2. The quantitative estimate of drug-likeness (QED) is 0.499. The van der Waals surface area contributed by atoms with E-state index < -0.39 is 5.60 Å². The fourth-order valence-corrected chi connectivity index (χ4v) is 4.55. The summed E-state index contributed by atoms with van der Waals surface area (Å²) in [5.74, 6) is 1.74. The fourth-order valence-electron chi connectivity index (χ4n) is 4.55. The van der Waals surface area contributed by atoms with Crippen molar-refractivity contribution in [3.63, 3.8) is 0 Å². The van der Waals surface area contributed by atoms with Gasteiger partial charge in [-0.3, -0.25) is 9.58 Å². The number of benzene rings is 2. The number of hydrogen-bond acceptors (Lipinski definition) is 5. The van der Waals surface area contributed by atoms with Crippen molar-refractivity contribution in [2.45, 2.75) is 58.7 Å². The third-order valence-corrected chi connectivity index (χ3v) is 6.49. The van der Waals surface area contributed by atoms with Crippen molar-refractivity contribution in [2.75, 3.05) is 26.3 Å². The molecule has 34 heavy (non-hydrogen) atoms. The van der Waals surface area contributed by atoms with Crippen LogP contribution in [0.25, 0.3) is 0 Å². The van der Waals surface area contributed by atoms with Gasteiger partial charge >= 0.3 is 0 Å². The zero-order valence-electron chi connectivity index (χ0n) is 20.7. The average Bonchev–Trinajstić information content (AvgIpc) is 3.13. The van der Waals surface area contributed by atoms with E-state index in [1.807, 2.05) is 36.1 Å². The normalized spacial score (nSPS) is 19.1. The Hall–Kier alpha value is -2.83. The second-order valence-electron chi connectivity index (χ2n) is 9.69. The van der Waals surface area contributed by atoms with Crippen LogP contribution in [-0.2, 0) is 13.1 Å². The Bertz CT molecular complexity index is 1080. The van der Waals surface area contributed by atoms with Crippen molar-refractivity contribution < 1.29 is 14.6 Å². The van der Waals surface area contributed by atoms with Crippen LogP contribution in [0.2, 0.25) is 0 Å². The average molecular weight is 464 g/mol. The first kappa shape index (κ1) is 24.3. The first-order valence-electron chi connectivity index (χ1n) is 12.2. The highest BCUT2D eigenvalue weighted by atomic mass is 16.5. The van der Waals surface area contributed by atoms with Crippen LogP contribution in [0.15, 0.2) is 54.9 Å². The van der Waals surface area contributed by atoms with Gasteiger partial charge in [-0.05, 0) is 81.5 Å². The number of nitrogens with zero attached hydrogens (tertiary/aromatic N) is 3. The summed E-state index contributed by atoms with van der Waals surface area (Å²) < 4.78 is 13.9. The van der Waals surface area contributed by atoms with Crippen LogP contribution in [-0.4, -0.2) is 51.7 Å². The SMILES string of the molecule is Cc1ccc(OCC2(O)CCCN(Cc3cccc(OCCn4cc(C)cn4)c3)CC2)c(C)c1. The number of aryl methyl sites for hydroxylation is 3. The molecule has 4 rings (SSSR count). The molecule has 0 amide bonds. The molecule has 6 heteroatoms. The molecule has 6 nitrogen and oxygen atoms in total. The summed E-state index contributed by atoms with van der Waals surface area (Å²) in [6.45, 7) is 10.5. The van der Waals surface area contributed by atoms with E-state index in [1.165, 1.54) is 11.1 Å². The number of ether oxygens (including phenoxy) is 2. The van der Waals surface area contributed by atoms with Gasteiger partial charge in [0.2, 0.25) is 0 Å². The molecule has 182 valence electrons. The molecule has 0 saturated carbocycles. The van der Waals surface area contributed by atoms with Crippen LogP contribution >= 0.6 is 0 Å². The van der Waals surface area contributed by atoms with Crippen molar-refractivity contribution in [1.29, 1.82) is 0 Å². The van der Waals surface area contributed by atoms with Crippen molar-refractivity contribution in [1.82, 2.24) is 14.7 Å². The number of aliphatic hydroxyl groups is 1. The van der Waals surface area contributed by atoms with Gasteiger partial charge in [0.05, 0.1) is 18.3 Å². The van der Waals surface area contributed by atoms with E-state index in [-0.39, 0.29) is 0 Å². The Morgan fingerprint density at radius 1 is 1.00 bits per heavy atom. The first-order valence-corrected chi connectivity index (χ1v) is 12.2. The highest BCUT2D eigenvalue weighted by Crippen LogP contribution is 2.27. The lowest BCUT2D eigenvalue weighted by Crippen LogP contribution is -2.37. The van der Waals surface area contributed by atoms with E-state index in [9.17, 15) is 5.11 Å². The van der Waals surface area contributed by atoms with Crippen molar-refractivity contribution in [2.24, 2.45) is 0 Å². The predicted molar refractivity (Wildman–Crippen MR) is 134 cm³/mol. The molecule has 1 atom stereocenters. The largest absolute Gasteiger partial charge is 0.492 e. The van der Waals surface area contributed by atoms with Gasteiger partial charge in [0.25, 0.3) is 0 Å². The van der Waals surface area contributed by atoms with Crippen molar-refractivity contribution in [3.05, 3.63) is 77.1 Å². The molecule has 1 aliphatic heterocycles. The van der Waals surface area contributed by atoms with E-state index >= 15 is 0 Å². The van der Waals surface area contributed by atoms with Crippen molar-refractivity contribution >= 4 is 0 Å². The predicted octanol–water partition coefficient (Wildman–Crippen LogP) is 4.68. The molecule has 2 heterocycles. The minimum absolute atomic E-state index is 0.337. The molecular formula is C28H37N3O3. The molecule has 1 saturated heterocycles. The highest BCUT2D eigenvalue weighted by Gasteiger charge is 2.31. The molecule has 0 radical (unpaired) electrons. The summed E-state index contributed by atoms with van der Waals surface area (Å²) in [5, 5.41) is 15.5. The van der Waals surface area contributed by atoms with Gasteiger partial charge < -0.3 is 14.6 Å². The Morgan fingerprint density at radius 3 is 2.68 bits per heavy atom. The number of aromatic nitrogens is 2. The lowest BCUT2D eigenvalue weighted by atomic mass is 9.96. The van der Waals surface area contributed by atoms with Gasteiger partial charge in [0.1, 0.15) is 24.7 Å². The van der Waals surface area contributed by atoms with Gasteiger partial charge in [0, 0.05) is 19.3 Å². The summed E-state index contributed by atoms with van der Waals surface area (Å²) in [6, 6.07) is 14.5. The van der Waals surface area contributed by atoms with Gasteiger partial charge in [-0.25, -0.2) is 0 Å². The maximum Gasteiger partial charge on any atom is 0.122 e. The Kier molecular flexibility index (Phi) is 7.91. The van der Waals surface area contributed by atoms with Crippen LogP contribution in [0.3, 0.4) is 0 Å². The van der Waals surface area contributed by atoms with E-state index in [1.54, 1.807) is 0 Å². The topological polar surface area (TPSA) is 59.8 Å². The molecule has 0 aliphatic carbocycles. The molecule has 1 N–H and O–H groups in total. The number of likely N-dealkylation sites (tertiary alicyclic amines) is 1. The van der Waals surface area contributed by atoms with Crippen LogP contribution in [0.1, 0.15) is 41.5 Å². The summed E-state index contributed by atoms with van der Waals surface area (Å²) in [5.41, 5.74) is 3.92. The van der Waals surface area contributed by atoms with Crippen molar-refractivity contribution in [3.8, 4) is 11.5 Å². The zero-order chi connectivity index (χ0) is 24.0. The van der Waals surface area contributed by atoms with Gasteiger partial charge in [-0.1, -0.05) is 29.8 Å². The van der Waals surface area contributed by atoms with Gasteiger partial charge in [-0.2, -0.15) is 5.10 Å². The van der Waals surface area contributed by atoms with E-state index in [4.69, 9.17) is 9.47 Å². The van der Waals surface area contributed by atoms with Crippen LogP contribution in [0.5, 0.6) is 11.5 Å². The molecule has 0 bridgehead atoms. The maximum absolute atomic E-state index is 11.2. The molecule has 0 spiro atoms. The second kappa shape index (κ2) is 11.1. The number of rotatable bonds is 9. The summed E-state index contributed by atoms with van der Waals surface area (Å²) in [7, 11) is 0. The molecule has 1 aromatic heterocycles. The lowest BCUT2D eigenvalue weighted by Gasteiger charge is -2.27. The summed E-state index contributed by atoms with van der Waals surface area (Å²) in [4.78, 5) is 2.42. The van der Waals surface area contributed by atoms with Gasteiger partial charge in [-0.15, -0.1) is 0 Å². The Labute approximate surface area is 203 Å². The number of hydrogen-bond donors (Lipinski definition) is 1. The third kappa shape index (κ3) is 6.84. The Morgan fingerprint density at radius 2 is 1.88 bits per heavy atom. The smallest absolute Gasteiger partial charge is 0.122 e. The van der Waals surface area contributed by atoms with E-state index in [0.29, 0.717) is 19.6 Å². The van der Waals surface area contributed by atoms with Crippen LogP contribution in [0.4, 0.5) is 0 Å². The minimum Gasteiger partial charge on any atom is -0.492 e. The van der Waals surface area contributed by atoms with E-state index in [2.05, 4.69) is 54.2 Å².